The lowest BCUT2D eigenvalue weighted by Gasteiger charge is -2.35. The van der Waals surface area contributed by atoms with Crippen LogP contribution in [0.2, 0.25) is 0 Å². The average molecular weight is 212 g/mol. The van der Waals surface area contributed by atoms with Gasteiger partial charge in [-0.3, -0.25) is 0 Å². The monoisotopic (exact) mass is 212 g/mol. The maximum Gasteiger partial charge on any atom is 0.0460 e. The summed E-state index contributed by atoms with van der Waals surface area (Å²) in [5, 5.41) is 12.7. The summed E-state index contributed by atoms with van der Waals surface area (Å²) in [7, 11) is 0. The number of nitrogens with zero attached hydrogens (tertiary/aromatic N) is 1. The molecule has 2 rings (SSSR count). The third-order valence-electron chi connectivity index (χ3n) is 3.86. The second kappa shape index (κ2) is 5.83. The van der Waals surface area contributed by atoms with Crippen LogP contribution in [0.4, 0.5) is 0 Å². The Morgan fingerprint density at radius 3 is 2.53 bits per heavy atom. The fraction of sp³-hybridized carbons (Fsp3) is 1.00. The van der Waals surface area contributed by atoms with Gasteiger partial charge in [-0.15, -0.1) is 0 Å². The Balaban J connectivity index is 1.67. The zero-order chi connectivity index (χ0) is 10.5. The van der Waals surface area contributed by atoms with Gasteiger partial charge in [0.2, 0.25) is 0 Å². The Kier molecular flexibility index (Phi) is 4.42. The van der Waals surface area contributed by atoms with Gasteiger partial charge in [0.05, 0.1) is 0 Å². The van der Waals surface area contributed by atoms with Crippen molar-refractivity contribution in [2.75, 3.05) is 32.8 Å². The summed E-state index contributed by atoms with van der Waals surface area (Å²) in [6.07, 6.45) is 6.46. The van der Waals surface area contributed by atoms with Gasteiger partial charge in [-0.2, -0.15) is 0 Å². The second-order valence-electron chi connectivity index (χ2n) is 5.07. The first-order valence-electron chi connectivity index (χ1n) is 6.45. The summed E-state index contributed by atoms with van der Waals surface area (Å²) in [6.45, 7) is 5.18. The molecule has 3 heteroatoms. The summed E-state index contributed by atoms with van der Waals surface area (Å²) in [5.74, 6) is 0.570. The molecule has 0 radical (unpaired) electrons. The molecule has 0 saturated carbocycles. The fourth-order valence-corrected chi connectivity index (χ4v) is 2.74. The molecule has 0 aromatic carbocycles. The highest BCUT2D eigenvalue weighted by molar-refractivity contribution is 4.79. The van der Waals surface area contributed by atoms with Crippen LogP contribution in [-0.2, 0) is 0 Å². The maximum atomic E-state index is 9.07. The molecule has 15 heavy (non-hydrogen) atoms. The van der Waals surface area contributed by atoms with Crippen LogP contribution in [-0.4, -0.2) is 48.8 Å². The molecule has 2 saturated heterocycles. The highest BCUT2D eigenvalue weighted by Crippen LogP contribution is 2.17. The number of aliphatic hydroxyl groups is 1. The average Bonchev–Trinajstić information content (AvgIpc) is 2.31. The smallest absolute Gasteiger partial charge is 0.0460 e. The summed E-state index contributed by atoms with van der Waals surface area (Å²) >= 11 is 0. The topological polar surface area (TPSA) is 35.5 Å². The lowest BCUT2D eigenvalue weighted by Crippen LogP contribution is -2.46. The summed E-state index contributed by atoms with van der Waals surface area (Å²) in [4.78, 5) is 2.56. The van der Waals surface area contributed by atoms with E-state index in [1.165, 1.54) is 58.3 Å². The standard InChI is InChI=1S/C12H24N2O/c15-10-11-4-7-14(8-5-11)9-12-3-1-2-6-13-12/h11-13,15H,1-10H2. The Hall–Kier alpha value is -0.120. The van der Waals surface area contributed by atoms with Crippen molar-refractivity contribution in [3.63, 3.8) is 0 Å². The van der Waals surface area contributed by atoms with E-state index in [2.05, 4.69) is 10.2 Å². The fourth-order valence-electron chi connectivity index (χ4n) is 2.74. The van der Waals surface area contributed by atoms with Gasteiger partial charge in [-0.25, -0.2) is 0 Å². The van der Waals surface area contributed by atoms with E-state index in [9.17, 15) is 0 Å². The predicted molar refractivity (Wildman–Crippen MR) is 61.9 cm³/mol. The minimum atomic E-state index is 0.384. The van der Waals surface area contributed by atoms with Gasteiger partial charge in [0.15, 0.2) is 0 Å². The molecule has 0 bridgehead atoms. The van der Waals surface area contributed by atoms with E-state index in [4.69, 9.17) is 5.11 Å². The first kappa shape index (κ1) is 11.4. The van der Waals surface area contributed by atoms with E-state index in [1.54, 1.807) is 0 Å². The molecule has 0 aliphatic carbocycles. The largest absolute Gasteiger partial charge is 0.396 e. The highest BCUT2D eigenvalue weighted by atomic mass is 16.3. The molecular formula is C12H24N2O. The molecule has 0 spiro atoms. The summed E-state index contributed by atoms with van der Waals surface area (Å²) in [6, 6.07) is 0.726. The maximum absolute atomic E-state index is 9.07. The molecule has 2 N–H and O–H groups in total. The van der Waals surface area contributed by atoms with Crippen LogP contribution in [0.5, 0.6) is 0 Å². The van der Waals surface area contributed by atoms with Gasteiger partial charge in [0.25, 0.3) is 0 Å². The van der Waals surface area contributed by atoms with Crippen LogP contribution in [0.3, 0.4) is 0 Å². The third kappa shape index (κ3) is 3.44. The van der Waals surface area contributed by atoms with Gasteiger partial charge < -0.3 is 15.3 Å². The molecule has 2 heterocycles. The van der Waals surface area contributed by atoms with Crippen LogP contribution in [0.15, 0.2) is 0 Å². The molecule has 0 aromatic heterocycles. The van der Waals surface area contributed by atoms with E-state index in [0.717, 1.165) is 6.04 Å². The lowest BCUT2D eigenvalue weighted by molar-refractivity contribution is 0.120. The number of piperidine rings is 2. The van der Waals surface area contributed by atoms with Crippen LogP contribution in [0.25, 0.3) is 0 Å². The zero-order valence-corrected chi connectivity index (χ0v) is 9.62. The second-order valence-corrected chi connectivity index (χ2v) is 5.07. The van der Waals surface area contributed by atoms with Gasteiger partial charge >= 0.3 is 0 Å². The molecule has 2 fully saturated rings. The number of hydrogen-bond donors (Lipinski definition) is 2. The molecule has 1 atom stereocenters. The molecule has 1 unspecified atom stereocenters. The van der Waals surface area contributed by atoms with E-state index in [-0.39, 0.29) is 0 Å². The summed E-state index contributed by atoms with van der Waals surface area (Å²) in [5.41, 5.74) is 0. The van der Waals surface area contributed by atoms with Crippen LogP contribution in [0.1, 0.15) is 32.1 Å². The number of likely N-dealkylation sites (tertiary alicyclic amines) is 1. The normalized spacial score (nSPS) is 30.6. The van der Waals surface area contributed by atoms with E-state index >= 15 is 0 Å². The van der Waals surface area contributed by atoms with E-state index in [1.807, 2.05) is 0 Å². The van der Waals surface area contributed by atoms with Crippen LogP contribution in [0, 0.1) is 5.92 Å². The Morgan fingerprint density at radius 1 is 1.13 bits per heavy atom. The first-order valence-corrected chi connectivity index (χ1v) is 6.45. The Morgan fingerprint density at radius 2 is 1.93 bits per heavy atom. The van der Waals surface area contributed by atoms with Crippen molar-refractivity contribution in [2.45, 2.75) is 38.1 Å². The molecular weight excluding hydrogens is 188 g/mol. The van der Waals surface area contributed by atoms with Crippen molar-refractivity contribution >= 4 is 0 Å². The highest BCUT2D eigenvalue weighted by Gasteiger charge is 2.21. The minimum Gasteiger partial charge on any atom is -0.396 e. The summed E-state index contributed by atoms with van der Waals surface area (Å²) < 4.78 is 0. The molecule has 3 nitrogen and oxygen atoms in total. The van der Waals surface area contributed by atoms with Crippen molar-refractivity contribution in [1.82, 2.24) is 10.2 Å². The van der Waals surface area contributed by atoms with Gasteiger partial charge in [-0.05, 0) is 51.2 Å². The number of rotatable bonds is 3. The third-order valence-corrected chi connectivity index (χ3v) is 3.86. The molecule has 2 aliphatic heterocycles. The number of aliphatic hydroxyl groups excluding tert-OH is 1. The molecule has 2 aliphatic rings. The molecule has 0 aromatic rings. The van der Waals surface area contributed by atoms with Gasteiger partial charge in [0.1, 0.15) is 0 Å². The SMILES string of the molecule is OCC1CCN(CC2CCCCN2)CC1. The van der Waals surface area contributed by atoms with Crippen molar-refractivity contribution in [3.8, 4) is 0 Å². The van der Waals surface area contributed by atoms with Crippen molar-refractivity contribution in [2.24, 2.45) is 5.92 Å². The lowest BCUT2D eigenvalue weighted by atomic mass is 9.96. The first-order chi connectivity index (χ1) is 7.38. The predicted octanol–water partition coefficient (Wildman–Crippen LogP) is 0.833. The van der Waals surface area contributed by atoms with E-state index < -0.39 is 0 Å². The van der Waals surface area contributed by atoms with Crippen molar-refractivity contribution < 1.29 is 5.11 Å². The molecule has 0 amide bonds. The molecule has 88 valence electrons. The quantitative estimate of drug-likeness (QED) is 0.727. The van der Waals surface area contributed by atoms with Gasteiger partial charge in [0, 0.05) is 19.2 Å². The number of nitrogens with one attached hydrogen (secondary N) is 1. The zero-order valence-electron chi connectivity index (χ0n) is 9.62. The number of hydrogen-bond acceptors (Lipinski definition) is 3. The van der Waals surface area contributed by atoms with Crippen LogP contribution >= 0.6 is 0 Å². The van der Waals surface area contributed by atoms with Crippen molar-refractivity contribution in [1.29, 1.82) is 0 Å². The minimum absolute atomic E-state index is 0.384. The van der Waals surface area contributed by atoms with Crippen LogP contribution < -0.4 is 5.32 Å². The van der Waals surface area contributed by atoms with Gasteiger partial charge in [-0.1, -0.05) is 6.42 Å². The Labute approximate surface area is 92.8 Å². The van der Waals surface area contributed by atoms with Crippen molar-refractivity contribution in [3.05, 3.63) is 0 Å². The Bertz CT molecular complexity index is 172. The van der Waals surface area contributed by atoms with E-state index in [0.29, 0.717) is 12.5 Å².